The number of carboxylic acids is 1. The third-order valence-corrected chi connectivity index (χ3v) is 5.24. The topological polar surface area (TPSA) is 66.4 Å². The van der Waals surface area contributed by atoms with E-state index in [4.69, 9.17) is 5.11 Å². The number of hydrogen-bond donors (Lipinski definition) is 2. The highest BCUT2D eigenvalue weighted by molar-refractivity contribution is 5.80. The Morgan fingerprint density at radius 1 is 1.17 bits per heavy atom. The van der Waals surface area contributed by atoms with Crippen LogP contribution in [-0.4, -0.2) is 17.0 Å². The molecule has 0 saturated heterocycles. The summed E-state index contributed by atoms with van der Waals surface area (Å²) < 4.78 is 0. The summed E-state index contributed by atoms with van der Waals surface area (Å²) in [4.78, 5) is 23.1. The standard InChI is InChI=1S/C19H27NO3/c1-4-19(2,3)16-9-5-13(6-10-16)12-20-17(21)14-7-8-15(11-14)18(22)23/h5-6,9-10,14-15H,4,7-8,11-12H2,1-3H3,(H,20,21)(H,22,23)/t14-,15+/m1/s1. The Kier molecular flexibility index (Phi) is 5.45. The van der Waals surface area contributed by atoms with E-state index in [1.165, 1.54) is 5.56 Å². The molecule has 0 spiro atoms. The molecule has 4 heteroatoms. The van der Waals surface area contributed by atoms with E-state index in [-0.39, 0.29) is 23.2 Å². The van der Waals surface area contributed by atoms with Gasteiger partial charge in [-0.25, -0.2) is 0 Å². The zero-order valence-corrected chi connectivity index (χ0v) is 14.3. The van der Waals surface area contributed by atoms with Crippen molar-refractivity contribution in [2.45, 2.75) is 58.4 Å². The molecule has 1 aliphatic rings. The van der Waals surface area contributed by atoms with E-state index in [1.807, 2.05) is 0 Å². The predicted octanol–water partition coefficient (Wildman–Crippen LogP) is 3.49. The Labute approximate surface area is 138 Å². The van der Waals surface area contributed by atoms with Gasteiger partial charge in [-0.2, -0.15) is 0 Å². The SMILES string of the molecule is CCC(C)(C)c1ccc(CNC(=O)[C@@H]2CC[C@H](C(=O)O)C2)cc1. The molecule has 126 valence electrons. The van der Waals surface area contributed by atoms with Crippen LogP contribution < -0.4 is 5.32 Å². The molecule has 23 heavy (non-hydrogen) atoms. The summed E-state index contributed by atoms with van der Waals surface area (Å²) in [5.74, 6) is -1.32. The van der Waals surface area contributed by atoms with Gasteiger partial charge in [0.15, 0.2) is 0 Å². The summed E-state index contributed by atoms with van der Waals surface area (Å²) in [6.45, 7) is 7.13. The van der Waals surface area contributed by atoms with Gasteiger partial charge in [0.1, 0.15) is 0 Å². The van der Waals surface area contributed by atoms with E-state index >= 15 is 0 Å². The molecule has 0 radical (unpaired) electrons. The number of rotatable bonds is 6. The van der Waals surface area contributed by atoms with E-state index < -0.39 is 5.97 Å². The summed E-state index contributed by atoms with van der Waals surface area (Å²) >= 11 is 0. The number of aliphatic carboxylic acids is 1. The van der Waals surface area contributed by atoms with Gasteiger partial charge < -0.3 is 10.4 Å². The summed E-state index contributed by atoms with van der Waals surface area (Å²) in [7, 11) is 0. The predicted molar refractivity (Wildman–Crippen MR) is 90.1 cm³/mol. The molecule has 2 atom stereocenters. The van der Waals surface area contributed by atoms with Crippen molar-refractivity contribution >= 4 is 11.9 Å². The lowest BCUT2D eigenvalue weighted by Crippen LogP contribution is -2.29. The van der Waals surface area contributed by atoms with Gasteiger partial charge in [-0.15, -0.1) is 0 Å². The molecule has 1 aromatic rings. The molecule has 0 aliphatic heterocycles. The molecule has 0 bridgehead atoms. The van der Waals surface area contributed by atoms with Gasteiger partial charge in [-0.1, -0.05) is 45.0 Å². The van der Waals surface area contributed by atoms with Crippen molar-refractivity contribution in [2.75, 3.05) is 0 Å². The van der Waals surface area contributed by atoms with Crippen LogP contribution >= 0.6 is 0 Å². The first-order valence-electron chi connectivity index (χ1n) is 8.43. The molecule has 1 saturated carbocycles. The quantitative estimate of drug-likeness (QED) is 0.844. The minimum absolute atomic E-state index is 0.0216. The minimum Gasteiger partial charge on any atom is -0.481 e. The first-order valence-corrected chi connectivity index (χ1v) is 8.43. The first kappa shape index (κ1) is 17.5. The Morgan fingerprint density at radius 3 is 2.30 bits per heavy atom. The van der Waals surface area contributed by atoms with Gasteiger partial charge in [0.2, 0.25) is 5.91 Å². The maximum atomic E-state index is 12.2. The van der Waals surface area contributed by atoms with Crippen LogP contribution in [0.4, 0.5) is 0 Å². The fraction of sp³-hybridized carbons (Fsp3) is 0.579. The minimum atomic E-state index is -0.783. The van der Waals surface area contributed by atoms with Crippen LogP contribution in [0.3, 0.4) is 0 Å². The van der Waals surface area contributed by atoms with Gasteiger partial charge >= 0.3 is 5.97 Å². The van der Waals surface area contributed by atoms with Crippen molar-refractivity contribution in [3.63, 3.8) is 0 Å². The molecule has 0 aromatic heterocycles. The maximum absolute atomic E-state index is 12.2. The van der Waals surface area contributed by atoms with E-state index in [0.717, 1.165) is 12.0 Å². The Hall–Kier alpha value is -1.84. The maximum Gasteiger partial charge on any atom is 0.306 e. The van der Waals surface area contributed by atoms with Crippen LogP contribution in [0, 0.1) is 11.8 Å². The van der Waals surface area contributed by atoms with Crippen molar-refractivity contribution in [3.8, 4) is 0 Å². The molecule has 1 aliphatic carbocycles. The van der Waals surface area contributed by atoms with Crippen LogP contribution in [0.2, 0.25) is 0 Å². The molecule has 0 heterocycles. The Bertz CT molecular complexity index is 562. The summed E-state index contributed by atoms with van der Waals surface area (Å²) in [6.07, 6.45) is 2.82. The van der Waals surface area contributed by atoms with Crippen molar-refractivity contribution < 1.29 is 14.7 Å². The number of carbonyl (C=O) groups is 2. The molecule has 0 unspecified atom stereocenters. The summed E-state index contributed by atoms with van der Waals surface area (Å²) in [5, 5.41) is 11.9. The van der Waals surface area contributed by atoms with Gasteiger partial charge in [0.25, 0.3) is 0 Å². The molecular formula is C19H27NO3. The molecular weight excluding hydrogens is 290 g/mol. The van der Waals surface area contributed by atoms with Crippen LogP contribution in [0.25, 0.3) is 0 Å². The fourth-order valence-corrected chi connectivity index (χ4v) is 3.06. The highest BCUT2D eigenvalue weighted by Crippen LogP contribution is 2.31. The number of carboxylic acid groups (broad SMARTS) is 1. The second-order valence-corrected chi connectivity index (χ2v) is 7.20. The van der Waals surface area contributed by atoms with Crippen LogP contribution in [-0.2, 0) is 21.5 Å². The Balaban J connectivity index is 1.86. The van der Waals surface area contributed by atoms with Gasteiger partial charge in [0, 0.05) is 12.5 Å². The lowest BCUT2D eigenvalue weighted by atomic mass is 9.82. The number of carbonyl (C=O) groups excluding carboxylic acids is 1. The zero-order valence-electron chi connectivity index (χ0n) is 14.3. The molecule has 1 fully saturated rings. The van der Waals surface area contributed by atoms with Gasteiger partial charge in [0.05, 0.1) is 5.92 Å². The highest BCUT2D eigenvalue weighted by Gasteiger charge is 2.33. The number of hydrogen-bond acceptors (Lipinski definition) is 2. The molecule has 2 rings (SSSR count). The zero-order chi connectivity index (χ0) is 17.0. The van der Waals surface area contributed by atoms with Crippen molar-refractivity contribution in [3.05, 3.63) is 35.4 Å². The lowest BCUT2D eigenvalue weighted by molar-refractivity contribution is -0.141. The number of nitrogens with one attached hydrogen (secondary N) is 1. The van der Waals surface area contributed by atoms with Crippen LogP contribution in [0.5, 0.6) is 0 Å². The number of amides is 1. The molecule has 4 nitrogen and oxygen atoms in total. The van der Waals surface area contributed by atoms with E-state index in [9.17, 15) is 9.59 Å². The van der Waals surface area contributed by atoms with Crippen molar-refractivity contribution in [2.24, 2.45) is 11.8 Å². The highest BCUT2D eigenvalue weighted by atomic mass is 16.4. The second kappa shape index (κ2) is 7.16. The smallest absolute Gasteiger partial charge is 0.306 e. The monoisotopic (exact) mass is 317 g/mol. The van der Waals surface area contributed by atoms with Crippen molar-refractivity contribution in [1.82, 2.24) is 5.32 Å². The third kappa shape index (κ3) is 4.34. The lowest BCUT2D eigenvalue weighted by Gasteiger charge is -2.23. The van der Waals surface area contributed by atoms with Gasteiger partial charge in [-0.05, 0) is 42.2 Å². The Morgan fingerprint density at radius 2 is 1.78 bits per heavy atom. The van der Waals surface area contributed by atoms with Gasteiger partial charge in [-0.3, -0.25) is 9.59 Å². The fourth-order valence-electron chi connectivity index (χ4n) is 3.06. The van der Waals surface area contributed by atoms with E-state index in [0.29, 0.717) is 25.8 Å². The van der Waals surface area contributed by atoms with E-state index in [2.05, 4.69) is 50.4 Å². The first-order chi connectivity index (χ1) is 10.8. The average Bonchev–Trinajstić information content (AvgIpc) is 3.03. The number of benzene rings is 1. The van der Waals surface area contributed by atoms with Crippen molar-refractivity contribution in [1.29, 1.82) is 0 Å². The largest absolute Gasteiger partial charge is 0.481 e. The molecule has 1 aromatic carbocycles. The summed E-state index contributed by atoms with van der Waals surface area (Å²) in [5.41, 5.74) is 2.54. The average molecular weight is 317 g/mol. The third-order valence-electron chi connectivity index (χ3n) is 5.24. The second-order valence-electron chi connectivity index (χ2n) is 7.20. The summed E-state index contributed by atoms with van der Waals surface area (Å²) in [6, 6.07) is 8.37. The molecule has 2 N–H and O–H groups in total. The molecule has 1 amide bonds. The van der Waals surface area contributed by atoms with Crippen LogP contribution in [0.1, 0.15) is 57.6 Å². The van der Waals surface area contributed by atoms with E-state index in [1.54, 1.807) is 0 Å². The van der Waals surface area contributed by atoms with Crippen LogP contribution in [0.15, 0.2) is 24.3 Å². The normalized spacial score (nSPS) is 21.2.